The number of esters is 1. The summed E-state index contributed by atoms with van der Waals surface area (Å²) in [5.74, 6) is -3.14. The molecular formula is C30H42O9. The molecule has 0 bridgehead atoms. The molecule has 4 rings (SSSR count). The van der Waals surface area contributed by atoms with Crippen molar-refractivity contribution in [3.63, 3.8) is 0 Å². The Hall–Kier alpha value is -2.33. The van der Waals surface area contributed by atoms with Crippen LogP contribution in [0.15, 0.2) is 34.6 Å². The fourth-order valence-corrected chi connectivity index (χ4v) is 7.20. The summed E-state index contributed by atoms with van der Waals surface area (Å²) in [5, 5.41) is 33.7. The topological polar surface area (TPSA) is 140 Å². The predicted molar refractivity (Wildman–Crippen MR) is 141 cm³/mol. The van der Waals surface area contributed by atoms with Crippen molar-refractivity contribution >= 4 is 17.5 Å². The summed E-state index contributed by atoms with van der Waals surface area (Å²) in [4.78, 5) is 39.1. The van der Waals surface area contributed by atoms with Crippen LogP contribution in [0.3, 0.4) is 0 Å². The first-order valence-corrected chi connectivity index (χ1v) is 13.7. The minimum Gasteiger partial charge on any atom is -0.482 e. The Morgan fingerprint density at radius 3 is 2.44 bits per heavy atom. The van der Waals surface area contributed by atoms with Gasteiger partial charge >= 0.3 is 5.97 Å². The molecule has 0 unspecified atom stereocenters. The number of fused-ring (bicyclic) bond motifs is 3. The van der Waals surface area contributed by atoms with E-state index in [9.17, 15) is 29.7 Å². The molecule has 0 amide bonds. The zero-order valence-corrected chi connectivity index (χ0v) is 24.1. The molecule has 2 aliphatic carbocycles. The number of aliphatic hydroxyl groups is 3. The van der Waals surface area contributed by atoms with Gasteiger partial charge < -0.3 is 29.5 Å². The van der Waals surface area contributed by atoms with E-state index in [2.05, 4.69) is 0 Å². The SMILES string of the molecule is C/C=C(/C)[C@@H](OC(C)=O)[C@@H](C)C1=CC(=O)C2=C(O[C@]3(C)CC[C@H]4O[C@@H](C(C)(C)O)C[C@H](O)[C@]4(C)[C@H]3[C@@H]2O)C1=O. The lowest BCUT2D eigenvalue weighted by Crippen LogP contribution is -2.70. The largest absolute Gasteiger partial charge is 0.482 e. The second-order valence-electron chi connectivity index (χ2n) is 12.6. The summed E-state index contributed by atoms with van der Waals surface area (Å²) in [5.41, 5.74) is -2.47. The van der Waals surface area contributed by atoms with Gasteiger partial charge in [0.25, 0.3) is 0 Å². The van der Waals surface area contributed by atoms with Gasteiger partial charge in [-0.3, -0.25) is 14.4 Å². The average Bonchev–Trinajstić information content (AvgIpc) is 2.83. The minimum atomic E-state index is -1.38. The van der Waals surface area contributed by atoms with Gasteiger partial charge in [0.2, 0.25) is 5.78 Å². The fraction of sp³-hybridized carbons (Fsp3) is 0.700. The van der Waals surface area contributed by atoms with Gasteiger partial charge in [0.15, 0.2) is 11.5 Å². The van der Waals surface area contributed by atoms with Crippen molar-refractivity contribution in [1.29, 1.82) is 0 Å². The molecule has 2 aliphatic heterocycles. The highest BCUT2D eigenvalue weighted by atomic mass is 16.5. The fourth-order valence-electron chi connectivity index (χ4n) is 7.20. The highest BCUT2D eigenvalue weighted by molar-refractivity contribution is 6.22. The molecule has 216 valence electrons. The van der Waals surface area contributed by atoms with E-state index in [4.69, 9.17) is 14.2 Å². The van der Waals surface area contributed by atoms with Gasteiger partial charge in [-0.1, -0.05) is 19.9 Å². The van der Waals surface area contributed by atoms with Crippen molar-refractivity contribution in [2.75, 3.05) is 0 Å². The maximum atomic E-state index is 13.8. The van der Waals surface area contributed by atoms with E-state index in [1.807, 2.05) is 6.92 Å². The average molecular weight is 547 g/mol. The molecule has 9 nitrogen and oxygen atoms in total. The molecule has 2 heterocycles. The number of carbonyl (C=O) groups excluding carboxylic acids is 3. The summed E-state index contributed by atoms with van der Waals surface area (Å²) in [7, 11) is 0. The van der Waals surface area contributed by atoms with Crippen LogP contribution in [0, 0.1) is 17.3 Å². The Labute approximate surface area is 229 Å². The van der Waals surface area contributed by atoms with Crippen LogP contribution in [0.2, 0.25) is 0 Å². The molecule has 39 heavy (non-hydrogen) atoms. The molecule has 2 fully saturated rings. The third-order valence-electron chi connectivity index (χ3n) is 9.55. The van der Waals surface area contributed by atoms with Crippen LogP contribution in [-0.4, -0.2) is 74.6 Å². The number of ether oxygens (including phenoxy) is 3. The second-order valence-corrected chi connectivity index (χ2v) is 12.6. The summed E-state index contributed by atoms with van der Waals surface area (Å²) in [6, 6.07) is 0. The number of hydrogen-bond donors (Lipinski definition) is 3. The van der Waals surface area contributed by atoms with Gasteiger partial charge in [-0.2, -0.15) is 0 Å². The van der Waals surface area contributed by atoms with Crippen LogP contribution in [0.1, 0.15) is 74.7 Å². The zero-order chi connectivity index (χ0) is 29.2. The normalized spacial score (nSPS) is 38.6. The smallest absolute Gasteiger partial charge is 0.303 e. The molecule has 1 saturated carbocycles. The summed E-state index contributed by atoms with van der Waals surface area (Å²) >= 11 is 0. The molecular weight excluding hydrogens is 504 g/mol. The summed E-state index contributed by atoms with van der Waals surface area (Å²) < 4.78 is 18.2. The molecule has 0 radical (unpaired) electrons. The van der Waals surface area contributed by atoms with E-state index < -0.39 is 76.5 Å². The highest BCUT2D eigenvalue weighted by Crippen LogP contribution is 2.59. The van der Waals surface area contributed by atoms with Crippen molar-refractivity contribution in [3.8, 4) is 0 Å². The van der Waals surface area contributed by atoms with Crippen LogP contribution in [0.5, 0.6) is 0 Å². The van der Waals surface area contributed by atoms with Gasteiger partial charge in [0, 0.05) is 36.2 Å². The van der Waals surface area contributed by atoms with E-state index in [-0.39, 0.29) is 23.3 Å². The van der Waals surface area contributed by atoms with E-state index >= 15 is 0 Å². The van der Waals surface area contributed by atoms with Gasteiger partial charge in [0.05, 0.1) is 35.6 Å². The first-order valence-electron chi connectivity index (χ1n) is 13.7. The molecule has 9 atom stereocenters. The Balaban J connectivity index is 1.71. The summed E-state index contributed by atoms with van der Waals surface area (Å²) in [6.07, 6.45) is -0.148. The van der Waals surface area contributed by atoms with E-state index in [0.29, 0.717) is 12.8 Å². The van der Waals surface area contributed by atoms with Gasteiger partial charge in [-0.25, -0.2) is 0 Å². The van der Waals surface area contributed by atoms with E-state index in [1.54, 1.807) is 47.6 Å². The number of Topliss-reactive ketones (excluding diaryl/α,β-unsaturated/α-hetero) is 1. The first-order chi connectivity index (χ1) is 18.0. The molecule has 0 spiro atoms. The van der Waals surface area contributed by atoms with Crippen LogP contribution >= 0.6 is 0 Å². The number of ketones is 2. The Morgan fingerprint density at radius 1 is 1.23 bits per heavy atom. The van der Waals surface area contributed by atoms with Crippen LogP contribution in [-0.2, 0) is 28.6 Å². The van der Waals surface area contributed by atoms with Gasteiger partial charge in [-0.15, -0.1) is 0 Å². The molecule has 4 aliphatic rings. The van der Waals surface area contributed by atoms with Gasteiger partial charge in [-0.05, 0) is 59.1 Å². The molecule has 0 aromatic heterocycles. The third kappa shape index (κ3) is 4.71. The lowest BCUT2D eigenvalue weighted by atomic mass is 9.51. The second kappa shape index (κ2) is 9.94. The van der Waals surface area contributed by atoms with Crippen molar-refractivity contribution in [3.05, 3.63) is 34.6 Å². The van der Waals surface area contributed by atoms with E-state index in [1.165, 1.54) is 13.0 Å². The summed E-state index contributed by atoms with van der Waals surface area (Å²) in [6.45, 7) is 13.5. The number of carbonyl (C=O) groups is 3. The Kier molecular flexibility index (Phi) is 7.56. The number of rotatable bonds is 5. The van der Waals surface area contributed by atoms with Crippen molar-refractivity contribution in [2.24, 2.45) is 17.3 Å². The Bertz CT molecular complexity index is 1160. The zero-order valence-electron chi connectivity index (χ0n) is 24.1. The Morgan fingerprint density at radius 2 is 1.87 bits per heavy atom. The number of aliphatic hydroxyl groups excluding tert-OH is 2. The minimum absolute atomic E-state index is 0.121. The van der Waals surface area contributed by atoms with Gasteiger partial charge in [0.1, 0.15) is 11.7 Å². The third-order valence-corrected chi connectivity index (χ3v) is 9.55. The molecule has 1 saturated heterocycles. The molecule has 9 heteroatoms. The van der Waals surface area contributed by atoms with Crippen LogP contribution in [0.25, 0.3) is 0 Å². The lowest BCUT2D eigenvalue weighted by Gasteiger charge is -2.63. The molecule has 0 aromatic rings. The van der Waals surface area contributed by atoms with Crippen molar-refractivity contribution < 1.29 is 43.9 Å². The number of allylic oxidation sites excluding steroid dienone is 3. The number of hydrogen-bond acceptors (Lipinski definition) is 9. The van der Waals surface area contributed by atoms with Crippen molar-refractivity contribution in [2.45, 2.75) is 116 Å². The molecule has 0 aromatic carbocycles. The maximum absolute atomic E-state index is 13.8. The van der Waals surface area contributed by atoms with Crippen molar-refractivity contribution in [1.82, 2.24) is 0 Å². The monoisotopic (exact) mass is 546 g/mol. The predicted octanol–water partition coefficient (Wildman–Crippen LogP) is 2.71. The standard InChI is InChI=1S/C30H42O9/c1-9-14(2)25(37-16(4)31)15(3)17-12-18(32)22-24(35)27-29(7,39-26(22)23(17)34)11-10-20-30(27,8)19(33)13-21(38-20)28(5,6)36/h9,12,15,19-21,24-25,27,33,35-36H,10-11,13H2,1-8H3/b14-9-/t15-,19-,20+,21+,24+,25+,27-,29+,30-/m0/s1. The lowest BCUT2D eigenvalue weighted by molar-refractivity contribution is -0.291. The molecule has 3 N–H and O–H groups in total. The van der Waals surface area contributed by atoms with Crippen LogP contribution in [0.4, 0.5) is 0 Å². The quantitative estimate of drug-likeness (QED) is 0.270. The highest BCUT2D eigenvalue weighted by Gasteiger charge is 2.67. The van der Waals surface area contributed by atoms with E-state index in [0.717, 1.165) is 5.57 Å². The maximum Gasteiger partial charge on any atom is 0.303 e. The van der Waals surface area contributed by atoms with Crippen LogP contribution < -0.4 is 0 Å². The first kappa shape index (κ1) is 29.6.